The molecule has 0 radical (unpaired) electrons. The van der Waals surface area contributed by atoms with Gasteiger partial charge in [-0.15, -0.1) is 10.2 Å². The number of carbonyl (C=O) groups excluding carboxylic acids is 1. The van der Waals surface area contributed by atoms with Crippen molar-refractivity contribution < 1.29 is 13.6 Å². The van der Waals surface area contributed by atoms with Crippen LogP contribution in [0.1, 0.15) is 5.89 Å². The third kappa shape index (κ3) is 3.19. The molecule has 1 amide bonds. The summed E-state index contributed by atoms with van der Waals surface area (Å²) in [6, 6.07) is 13.3. The van der Waals surface area contributed by atoms with Gasteiger partial charge < -0.3 is 14.3 Å². The highest BCUT2D eigenvalue weighted by atomic mass is 19.1. The number of aryl methyl sites for hydroxylation is 1. The van der Waals surface area contributed by atoms with Crippen molar-refractivity contribution in [1.82, 2.24) is 14.8 Å². The molecule has 0 aliphatic carbocycles. The minimum Gasteiger partial charge on any atom is -0.421 e. The molecule has 26 heavy (non-hydrogen) atoms. The normalized spacial score (nSPS) is 11.0. The zero-order valence-corrected chi connectivity index (χ0v) is 13.9. The van der Waals surface area contributed by atoms with Crippen LogP contribution < -0.4 is 5.32 Å². The number of amides is 1. The van der Waals surface area contributed by atoms with Gasteiger partial charge in [0.1, 0.15) is 12.4 Å². The van der Waals surface area contributed by atoms with Crippen LogP contribution in [0.4, 0.5) is 10.1 Å². The molecule has 0 unspecified atom stereocenters. The molecular weight excluding hydrogens is 335 g/mol. The fourth-order valence-electron chi connectivity index (χ4n) is 2.76. The summed E-state index contributed by atoms with van der Waals surface area (Å²) in [6.07, 6.45) is 1.84. The first-order chi connectivity index (χ1) is 12.6. The molecular formula is C19H15FN4O2. The Balaban J connectivity index is 1.58. The van der Waals surface area contributed by atoms with E-state index in [1.54, 1.807) is 6.92 Å². The van der Waals surface area contributed by atoms with Gasteiger partial charge in [-0.1, -0.05) is 6.07 Å². The Labute approximate surface area is 148 Å². The number of halogens is 1. The van der Waals surface area contributed by atoms with Gasteiger partial charge in [0.25, 0.3) is 0 Å². The lowest BCUT2D eigenvalue weighted by atomic mass is 10.1. The summed E-state index contributed by atoms with van der Waals surface area (Å²) in [4.78, 5) is 12.3. The highest BCUT2D eigenvalue weighted by Crippen LogP contribution is 2.24. The fourth-order valence-corrected chi connectivity index (χ4v) is 2.76. The summed E-state index contributed by atoms with van der Waals surface area (Å²) in [6.45, 7) is 1.87. The lowest BCUT2D eigenvalue weighted by molar-refractivity contribution is -0.116. The Bertz CT molecular complexity index is 1080. The Morgan fingerprint density at radius 2 is 1.96 bits per heavy atom. The average molecular weight is 350 g/mol. The lowest BCUT2D eigenvalue weighted by Gasteiger charge is -2.08. The fraction of sp³-hybridized carbons (Fsp3) is 0.105. The van der Waals surface area contributed by atoms with Gasteiger partial charge in [-0.3, -0.25) is 4.79 Å². The summed E-state index contributed by atoms with van der Waals surface area (Å²) >= 11 is 0. The van der Waals surface area contributed by atoms with E-state index in [1.165, 1.54) is 24.3 Å². The highest BCUT2D eigenvalue weighted by Gasteiger charge is 2.11. The van der Waals surface area contributed by atoms with Gasteiger partial charge >= 0.3 is 0 Å². The predicted octanol–water partition coefficient (Wildman–Crippen LogP) is 3.78. The Morgan fingerprint density at radius 3 is 2.69 bits per heavy atom. The molecule has 0 aliphatic heterocycles. The number of hydrogen-bond donors (Lipinski definition) is 1. The topological polar surface area (TPSA) is 73.0 Å². The third-order valence-electron chi connectivity index (χ3n) is 3.99. The minimum absolute atomic E-state index is 0.132. The summed E-state index contributed by atoms with van der Waals surface area (Å²) in [5, 5.41) is 11.6. The number of nitrogens with one attached hydrogen (secondary N) is 1. The molecule has 1 N–H and O–H groups in total. The molecule has 4 aromatic rings. The Morgan fingerprint density at radius 1 is 1.15 bits per heavy atom. The molecule has 0 bridgehead atoms. The molecule has 6 nitrogen and oxygen atoms in total. The van der Waals surface area contributed by atoms with Crippen LogP contribution in [0.3, 0.4) is 0 Å². The van der Waals surface area contributed by atoms with Gasteiger partial charge in [-0.2, -0.15) is 0 Å². The molecule has 0 fully saturated rings. The standard InChI is InChI=1S/C19H15FN4O2/c1-12-22-23-19(26-12)14-3-2-13-8-9-24(17(13)10-14)11-18(25)21-16-6-4-15(20)5-7-16/h2-10H,11H2,1H3,(H,21,25). The van der Waals surface area contributed by atoms with Gasteiger partial charge in [-0.05, 0) is 47.9 Å². The molecule has 2 aromatic carbocycles. The molecule has 0 aliphatic rings. The molecule has 0 atom stereocenters. The van der Waals surface area contributed by atoms with Crippen LogP contribution >= 0.6 is 0 Å². The second-order valence-corrected chi connectivity index (χ2v) is 5.90. The van der Waals surface area contributed by atoms with Crippen molar-refractivity contribution in [2.75, 3.05) is 5.32 Å². The van der Waals surface area contributed by atoms with Gasteiger partial charge in [-0.25, -0.2) is 4.39 Å². The number of benzene rings is 2. The van der Waals surface area contributed by atoms with E-state index in [4.69, 9.17) is 4.42 Å². The number of fused-ring (bicyclic) bond motifs is 1. The summed E-state index contributed by atoms with van der Waals surface area (Å²) in [7, 11) is 0. The minimum atomic E-state index is -0.344. The lowest BCUT2D eigenvalue weighted by Crippen LogP contribution is -2.18. The molecule has 0 saturated heterocycles. The van der Waals surface area contributed by atoms with E-state index < -0.39 is 0 Å². The van der Waals surface area contributed by atoms with E-state index in [9.17, 15) is 9.18 Å². The molecule has 130 valence electrons. The predicted molar refractivity (Wildman–Crippen MR) is 95.0 cm³/mol. The maximum atomic E-state index is 12.9. The Hall–Kier alpha value is -3.48. The first-order valence-electron chi connectivity index (χ1n) is 8.03. The molecule has 0 saturated carbocycles. The van der Waals surface area contributed by atoms with Crippen molar-refractivity contribution in [2.24, 2.45) is 0 Å². The zero-order valence-electron chi connectivity index (χ0n) is 13.9. The first kappa shape index (κ1) is 16.0. The SMILES string of the molecule is Cc1nnc(-c2ccc3ccn(CC(=O)Nc4ccc(F)cc4)c3c2)o1. The van der Waals surface area contributed by atoms with E-state index in [1.807, 2.05) is 35.0 Å². The van der Waals surface area contributed by atoms with Crippen molar-refractivity contribution in [3.63, 3.8) is 0 Å². The smallest absolute Gasteiger partial charge is 0.247 e. The van der Waals surface area contributed by atoms with Crippen molar-refractivity contribution in [3.05, 3.63) is 66.4 Å². The average Bonchev–Trinajstić information content (AvgIpc) is 3.23. The third-order valence-corrected chi connectivity index (χ3v) is 3.99. The number of anilines is 1. The zero-order chi connectivity index (χ0) is 18.1. The van der Waals surface area contributed by atoms with E-state index in [0.717, 1.165) is 16.5 Å². The molecule has 4 rings (SSSR count). The number of hydrogen-bond acceptors (Lipinski definition) is 4. The number of carbonyl (C=O) groups is 1. The number of nitrogens with zero attached hydrogens (tertiary/aromatic N) is 3. The van der Waals surface area contributed by atoms with Crippen LogP contribution in [0.15, 0.2) is 59.1 Å². The van der Waals surface area contributed by atoms with E-state index in [2.05, 4.69) is 15.5 Å². The van der Waals surface area contributed by atoms with Gasteiger partial charge in [0.15, 0.2) is 0 Å². The summed E-state index contributed by atoms with van der Waals surface area (Å²) in [5.41, 5.74) is 2.22. The molecule has 2 aromatic heterocycles. The highest BCUT2D eigenvalue weighted by molar-refractivity contribution is 5.92. The second kappa shape index (κ2) is 6.44. The second-order valence-electron chi connectivity index (χ2n) is 5.90. The largest absolute Gasteiger partial charge is 0.421 e. The maximum Gasteiger partial charge on any atom is 0.247 e. The van der Waals surface area contributed by atoms with Crippen molar-refractivity contribution in [3.8, 4) is 11.5 Å². The van der Waals surface area contributed by atoms with Crippen LogP contribution in [-0.2, 0) is 11.3 Å². The van der Waals surface area contributed by atoms with Gasteiger partial charge in [0.05, 0.1) is 0 Å². The molecule has 0 spiro atoms. The van der Waals surface area contributed by atoms with Crippen LogP contribution in [-0.4, -0.2) is 20.7 Å². The number of aromatic nitrogens is 3. The van der Waals surface area contributed by atoms with E-state index in [-0.39, 0.29) is 18.3 Å². The van der Waals surface area contributed by atoms with E-state index >= 15 is 0 Å². The molecule has 2 heterocycles. The van der Waals surface area contributed by atoms with Crippen molar-refractivity contribution in [1.29, 1.82) is 0 Å². The number of rotatable bonds is 4. The Kier molecular flexibility index (Phi) is 3.96. The van der Waals surface area contributed by atoms with Crippen LogP contribution in [0, 0.1) is 12.7 Å². The monoisotopic (exact) mass is 350 g/mol. The van der Waals surface area contributed by atoms with Crippen LogP contribution in [0.2, 0.25) is 0 Å². The summed E-state index contributed by atoms with van der Waals surface area (Å²) < 4.78 is 20.2. The van der Waals surface area contributed by atoms with Gasteiger partial charge in [0, 0.05) is 29.9 Å². The first-order valence-corrected chi connectivity index (χ1v) is 8.03. The van der Waals surface area contributed by atoms with Gasteiger partial charge in [0.2, 0.25) is 17.7 Å². The van der Waals surface area contributed by atoms with Crippen LogP contribution in [0.5, 0.6) is 0 Å². The molecule has 7 heteroatoms. The summed E-state index contributed by atoms with van der Waals surface area (Å²) in [5.74, 6) is 0.387. The quantitative estimate of drug-likeness (QED) is 0.608. The van der Waals surface area contributed by atoms with Crippen molar-refractivity contribution >= 4 is 22.5 Å². The van der Waals surface area contributed by atoms with E-state index in [0.29, 0.717) is 17.5 Å². The maximum absolute atomic E-state index is 12.9. The van der Waals surface area contributed by atoms with Crippen LogP contribution in [0.25, 0.3) is 22.4 Å². The van der Waals surface area contributed by atoms with Crippen molar-refractivity contribution in [2.45, 2.75) is 13.5 Å².